The Morgan fingerprint density at radius 1 is 0.880 bits per heavy atom. The first kappa shape index (κ1) is 22.4. The minimum absolute atomic E-state index is 1.05. The van der Waals surface area contributed by atoms with Crippen LogP contribution in [0.5, 0.6) is 0 Å². The summed E-state index contributed by atoms with van der Waals surface area (Å²) in [5, 5.41) is 3.50. The van der Waals surface area contributed by atoms with E-state index in [4.69, 9.17) is 4.99 Å². The van der Waals surface area contributed by atoms with Gasteiger partial charge in [-0.1, -0.05) is 70.6 Å². The van der Waals surface area contributed by atoms with Crippen LogP contribution in [0.4, 0.5) is 5.69 Å². The van der Waals surface area contributed by atoms with Crippen LogP contribution in [-0.2, 0) is 0 Å². The predicted molar refractivity (Wildman–Crippen MR) is 120 cm³/mol. The zero-order valence-corrected chi connectivity index (χ0v) is 17.9. The fourth-order valence-electron chi connectivity index (χ4n) is 2.40. The van der Waals surface area contributed by atoms with E-state index in [-0.39, 0.29) is 0 Å². The second-order valence-electron chi connectivity index (χ2n) is 6.39. The highest BCUT2D eigenvalue weighted by Crippen LogP contribution is 2.23. The molecule has 0 saturated carbocycles. The van der Waals surface area contributed by atoms with Crippen LogP contribution in [0.2, 0.25) is 0 Å². The molecule has 1 aromatic carbocycles. The highest BCUT2D eigenvalue weighted by Gasteiger charge is 2.04. The molecule has 3 heteroatoms. The lowest BCUT2D eigenvalue weighted by molar-refractivity contribution is 0.707. The Balaban J connectivity index is 2.58. The van der Waals surface area contributed by atoms with Crippen molar-refractivity contribution in [1.29, 1.82) is 0 Å². The third kappa shape index (κ3) is 11.5. The van der Waals surface area contributed by atoms with Gasteiger partial charge in [-0.05, 0) is 54.4 Å². The van der Waals surface area contributed by atoms with E-state index < -0.39 is 0 Å². The van der Waals surface area contributed by atoms with E-state index in [2.05, 4.69) is 50.4 Å². The van der Waals surface area contributed by atoms with Crippen molar-refractivity contribution in [1.82, 2.24) is 0 Å². The summed E-state index contributed by atoms with van der Waals surface area (Å²) in [6.07, 6.45) is 10.6. The maximum Gasteiger partial charge on any atom is 0.100 e. The van der Waals surface area contributed by atoms with Crippen molar-refractivity contribution < 1.29 is 0 Å². The molecule has 0 aliphatic heterocycles. The van der Waals surface area contributed by atoms with E-state index in [1.54, 1.807) is 0 Å². The quantitative estimate of drug-likeness (QED) is 0.195. The van der Waals surface area contributed by atoms with Crippen molar-refractivity contribution in [2.45, 2.75) is 72.1 Å². The summed E-state index contributed by atoms with van der Waals surface area (Å²) in [5.41, 5.74) is 2.36. The fourth-order valence-corrected chi connectivity index (χ4v) is 4.32. The molecule has 0 aliphatic rings. The van der Waals surface area contributed by atoms with Gasteiger partial charge in [-0.25, -0.2) is 4.99 Å². The van der Waals surface area contributed by atoms with E-state index in [1.165, 1.54) is 67.7 Å². The first-order valence-corrected chi connectivity index (χ1v) is 11.9. The number of para-hydroxylation sites is 1. The number of hydrogen-bond donors (Lipinski definition) is 0. The molecule has 25 heavy (non-hydrogen) atoms. The van der Waals surface area contributed by atoms with E-state index >= 15 is 0 Å². The molecule has 1 rings (SSSR count). The molecule has 1 aromatic rings. The molecular formula is C22H35NS2. The second-order valence-corrected chi connectivity index (χ2v) is 8.45. The molecule has 0 amide bonds. The molecule has 0 heterocycles. The Morgan fingerprint density at radius 3 is 2.16 bits per heavy atom. The van der Waals surface area contributed by atoms with Gasteiger partial charge in [0, 0.05) is 0 Å². The Kier molecular flexibility index (Phi) is 13.9. The average Bonchev–Trinajstić information content (AvgIpc) is 2.64. The molecule has 1 nitrogen and oxygen atoms in total. The number of nitrogens with zero attached hydrogens (tertiary/aromatic N) is 1. The highest BCUT2D eigenvalue weighted by atomic mass is 32.2. The molecule has 0 aromatic heterocycles. The smallest absolute Gasteiger partial charge is 0.100 e. The minimum atomic E-state index is 1.05. The van der Waals surface area contributed by atoms with Crippen LogP contribution in [-0.4, -0.2) is 16.5 Å². The second kappa shape index (κ2) is 15.6. The van der Waals surface area contributed by atoms with Gasteiger partial charge in [0.15, 0.2) is 0 Å². The zero-order valence-electron chi connectivity index (χ0n) is 16.3. The summed E-state index contributed by atoms with van der Waals surface area (Å²) in [6, 6.07) is 10.3. The number of benzene rings is 1. The molecule has 0 saturated heterocycles. The lowest BCUT2D eigenvalue weighted by atomic mass is 10.2. The Bertz CT molecular complexity index is 494. The van der Waals surface area contributed by atoms with Crippen molar-refractivity contribution >= 4 is 34.3 Å². The normalized spacial score (nSPS) is 12.6. The molecule has 0 radical (unpaired) electrons. The standard InChI is InChI=1S/C22H35NS2/c1-4-6-8-13-17-24-19-20(3)22(25-18-14-9-7-5-2)23-21-15-11-10-12-16-21/h10-12,15-16,19H,4-9,13-14,17-18H2,1-3H3. The van der Waals surface area contributed by atoms with Crippen LogP contribution in [0.15, 0.2) is 46.3 Å². The summed E-state index contributed by atoms with van der Waals surface area (Å²) < 4.78 is 0. The average molecular weight is 378 g/mol. The van der Waals surface area contributed by atoms with Crippen molar-refractivity contribution in [2.75, 3.05) is 11.5 Å². The van der Waals surface area contributed by atoms with E-state index in [0.717, 1.165) is 11.4 Å². The fraction of sp³-hybridized carbons (Fsp3) is 0.591. The number of rotatable bonds is 13. The van der Waals surface area contributed by atoms with Gasteiger partial charge in [0.1, 0.15) is 5.04 Å². The van der Waals surface area contributed by atoms with Gasteiger partial charge in [0.25, 0.3) is 0 Å². The first-order valence-electron chi connectivity index (χ1n) is 9.83. The van der Waals surface area contributed by atoms with Crippen LogP contribution in [0, 0.1) is 0 Å². The highest BCUT2D eigenvalue weighted by molar-refractivity contribution is 8.14. The van der Waals surface area contributed by atoms with Crippen LogP contribution in [0.1, 0.15) is 72.1 Å². The molecule has 0 unspecified atom stereocenters. The Morgan fingerprint density at radius 2 is 1.52 bits per heavy atom. The number of aliphatic imine (C=N–C) groups is 1. The number of unbranched alkanes of at least 4 members (excludes halogenated alkanes) is 6. The largest absolute Gasteiger partial charge is 0.242 e. The minimum Gasteiger partial charge on any atom is -0.242 e. The van der Waals surface area contributed by atoms with Gasteiger partial charge in [0.05, 0.1) is 5.69 Å². The van der Waals surface area contributed by atoms with E-state index in [1.807, 2.05) is 29.6 Å². The Labute approximate surface area is 164 Å². The summed E-state index contributed by atoms with van der Waals surface area (Å²) >= 11 is 3.86. The summed E-state index contributed by atoms with van der Waals surface area (Å²) in [4.78, 5) is 4.90. The summed E-state index contributed by atoms with van der Waals surface area (Å²) in [5.74, 6) is 2.38. The van der Waals surface area contributed by atoms with Gasteiger partial charge >= 0.3 is 0 Å². The van der Waals surface area contributed by atoms with Crippen molar-refractivity contribution in [3.05, 3.63) is 41.3 Å². The lowest BCUT2D eigenvalue weighted by Gasteiger charge is -2.08. The maximum absolute atomic E-state index is 4.90. The van der Waals surface area contributed by atoms with E-state index in [9.17, 15) is 0 Å². The molecule has 0 spiro atoms. The van der Waals surface area contributed by atoms with Gasteiger partial charge in [-0.15, -0.1) is 23.5 Å². The van der Waals surface area contributed by atoms with Gasteiger partial charge in [-0.3, -0.25) is 0 Å². The number of hydrogen-bond acceptors (Lipinski definition) is 3. The van der Waals surface area contributed by atoms with Gasteiger partial charge < -0.3 is 0 Å². The van der Waals surface area contributed by atoms with E-state index in [0.29, 0.717) is 0 Å². The molecule has 140 valence electrons. The van der Waals surface area contributed by atoms with Crippen molar-refractivity contribution in [2.24, 2.45) is 4.99 Å². The maximum atomic E-state index is 4.90. The predicted octanol–water partition coefficient (Wildman–Crippen LogP) is 8.25. The third-order valence-electron chi connectivity index (χ3n) is 3.94. The molecule has 0 bridgehead atoms. The topological polar surface area (TPSA) is 12.4 Å². The summed E-state index contributed by atoms with van der Waals surface area (Å²) in [7, 11) is 0. The first-order chi connectivity index (χ1) is 12.3. The van der Waals surface area contributed by atoms with Crippen LogP contribution < -0.4 is 0 Å². The van der Waals surface area contributed by atoms with Crippen LogP contribution in [0.25, 0.3) is 0 Å². The third-order valence-corrected chi connectivity index (χ3v) is 6.16. The Hall–Kier alpha value is -0.670. The molecule has 0 atom stereocenters. The monoisotopic (exact) mass is 377 g/mol. The summed E-state index contributed by atoms with van der Waals surface area (Å²) in [6.45, 7) is 6.74. The van der Waals surface area contributed by atoms with Crippen LogP contribution >= 0.6 is 23.5 Å². The van der Waals surface area contributed by atoms with Crippen molar-refractivity contribution in [3.8, 4) is 0 Å². The molecular weight excluding hydrogens is 342 g/mol. The molecule has 0 fully saturated rings. The lowest BCUT2D eigenvalue weighted by Crippen LogP contribution is -1.96. The SMILES string of the molecule is CCCCCCSC=C(C)C(=Nc1ccccc1)SCCCCCC. The van der Waals surface area contributed by atoms with Crippen LogP contribution in [0.3, 0.4) is 0 Å². The van der Waals surface area contributed by atoms with Gasteiger partial charge in [-0.2, -0.15) is 0 Å². The van der Waals surface area contributed by atoms with Gasteiger partial charge in [0.2, 0.25) is 0 Å². The molecule has 0 aliphatic carbocycles. The molecule has 0 N–H and O–H groups in total. The van der Waals surface area contributed by atoms with Crippen molar-refractivity contribution in [3.63, 3.8) is 0 Å². The number of thioether (sulfide) groups is 2. The zero-order chi connectivity index (χ0) is 18.2.